The highest BCUT2D eigenvalue weighted by Crippen LogP contribution is 2.28. The minimum absolute atomic E-state index is 0.252. The first-order valence-electron chi connectivity index (χ1n) is 8.75. The number of anilines is 1. The molecule has 0 aliphatic carbocycles. The lowest BCUT2D eigenvalue weighted by molar-refractivity contribution is -0.137. The molecule has 7 nitrogen and oxygen atoms in total. The summed E-state index contributed by atoms with van der Waals surface area (Å²) in [4.78, 5) is 26.1. The molecule has 28 heavy (non-hydrogen) atoms. The van der Waals surface area contributed by atoms with Crippen molar-refractivity contribution >= 4 is 17.5 Å². The predicted molar refractivity (Wildman–Crippen MR) is 105 cm³/mol. The molecule has 1 N–H and O–H groups in total. The molecule has 0 saturated carbocycles. The summed E-state index contributed by atoms with van der Waals surface area (Å²) in [6.45, 7) is 0.275. The highest BCUT2D eigenvalue weighted by molar-refractivity contribution is 6.17. The Bertz CT molecular complexity index is 906. The van der Waals surface area contributed by atoms with E-state index in [9.17, 15) is 9.59 Å². The average Bonchev–Trinajstić information content (AvgIpc) is 2.99. The molecule has 2 aromatic carbocycles. The lowest BCUT2D eigenvalue weighted by atomic mass is 10.1. The van der Waals surface area contributed by atoms with E-state index in [4.69, 9.17) is 14.2 Å². The molecule has 0 atom stereocenters. The first-order valence-corrected chi connectivity index (χ1v) is 8.75. The quantitative estimate of drug-likeness (QED) is 0.708. The number of hydrogen-bond donors (Lipinski definition) is 1. The zero-order valence-corrected chi connectivity index (χ0v) is 16.0. The van der Waals surface area contributed by atoms with Gasteiger partial charge in [0.15, 0.2) is 11.5 Å². The van der Waals surface area contributed by atoms with Gasteiger partial charge in [0.05, 0.1) is 21.3 Å². The van der Waals surface area contributed by atoms with Gasteiger partial charge in [0.1, 0.15) is 11.4 Å². The molecular formula is C21H22N2O5. The normalized spacial score (nSPS) is 13.4. The molecule has 146 valence electrons. The number of rotatable bonds is 8. The van der Waals surface area contributed by atoms with Crippen LogP contribution in [0.2, 0.25) is 0 Å². The van der Waals surface area contributed by atoms with Gasteiger partial charge in [-0.25, -0.2) is 0 Å². The van der Waals surface area contributed by atoms with Crippen LogP contribution in [0.3, 0.4) is 0 Å². The van der Waals surface area contributed by atoms with Gasteiger partial charge in [-0.1, -0.05) is 6.07 Å². The second-order valence-corrected chi connectivity index (χ2v) is 6.15. The third-order valence-corrected chi connectivity index (χ3v) is 4.45. The number of carbonyl (C=O) groups is 2. The molecule has 0 radical (unpaired) electrons. The fourth-order valence-electron chi connectivity index (χ4n) is 2.92. The van der Waals surface area contributed by atoms with Gasteiger partial charge in [-0.05, 0) is 48.4 Å². The maximum atomic E-state index is 12.6. The van der Waals surface area contributed by atoms with E-state index < -0.39 is 0 Å². The summed E-state index contributed by atoms with van der Waals surface area (Å²) in [5.74, 6) is 1.28. The molecule has 2 amide bonds. The number of imide groups is 1. The molecule has 1 aliphatic rings. The third kappa shape index (κ3) is 4.09. The standard InChI is InChI=1S/C21H22N2O5/c1-26-16-7-5-15(6-8-16)22-17-13-20(24)23(21(17)25)11-10-14-4-9-18(27-2)19(12-14)28-3/h4-9,12-13,22H,10-11H2,1-3H3. The smallest absolute Gasteiger partial charge is 0.277 e. The molecule has 3 rings (SSSR count). The molecule has 0 spiro atoms. The van der Waals surface area contributed by atoms with Crippen molar-refractivity contribution < 1.29 is 23.8 Å². The number of nitrogens with one attached hydrogen (secondary N) is 1. The van der Waals surface area contributed by atoms with E-state index in [2.05, 4.69) is 5.32 Å². The second-order valence-electron chi connectivity index (χ2n) is 6.15. The molecule has 1 heterocycles. The van der Waals surface area contributed by atoms with E-state index >= 15 is 0 Å². The Kier molecular flexibility index (Phi) is 5.84. The summed E-state index contributed by atoms with van der Waals surface area (Å²) in [6, 6.07) is 12.6. The van der Waals surface area contributed by atoms with E-state index in [0.29, 0.717) is 29.4 Å². The lowest BCUT2D eigenvalue weighted by Gasteiger charge is -2.16. The SMILES string of the molecule is COc1ccc(NC2=CC(=O)N(CCc3ccc(OC)c(OC)c3)C2=O)cc1. The maximum absolute atomic E-state index is 12.6. The summed E-state index contributed by atoms with van der Waals surface area (Å²) in [5.41, 5.74) is 1.90. The van der Waals surface area contributed by atoms with Gasteiger partial charge < -0.3 is 19.5 Å². The number of carbonyl (C=O) groups excluding carboxylic acids is 2. The Labute approximate surface area is 163 Å². The Hall–Kier alpha value is -3.48. The van der Waals surface area contributed by atoms with Crippen LogP contribution in [0.1, 0.15) is 5.56 Å². The van der Waals surface area contributed by atoms with Crippen LogP contribution in [0.4, 0.5) is 5.69 Å². The molecule has 0 aromatic heterocycles. The molecule has 2 aromatic rings. The number of methoxy groups -OCH3 is 3. The number of hydrogen-bond acceptors (Lipinski definition) is 6. The van der Waals surface area contributed by atoms with Gasteiger partial charge in [0.2, 0.25) is 0 Å². The minimum atomic E-state index is -0.346. The fraction of sp³-hybridized carbons (Fsp3) is 0.238. The van der Waals surface area contributed by atoms with Crippen LogP contribution >= 0.6 is 0 Å². The van der Waals surface area contributed by atoms with Gasteiger partial charge in [0.25, 0.3) is 11.8 Å². The van der Waals surface area contributed by atoms with E-state index in [-0.39, 0.29) is 24.1 Å². The van der Waals surface area contributed by atoms with Crippen LogP contribution in [0, 0.1) is 0 Å². The van der Waals surface area contributed by atoms with Crippen LogP contribution in [0.25, 0.3) is 0 Å². The molecule has 0 unspecified atom stereocenters. The largest absolute Gasteiger partial charge is 0.497 e. The van der Waals surface area contributed by atoms with Crippen molar-refractivity contribution in [2.75, 3.05) is 33.2 Å². The molecule has 7 heteroatoms. The monoisotopic (exact) mass is 382 g/mol. The molecule has 0 fully saturated rings. The van der Waals surface area contributed by atoms with Crippen molar-refractivity contribution in [3.8, 4) is 17.2 Å². The Morgan fingerprint density at radius 2 is 1.61 bits per heavy atom. The first-order chi connectivity index (χ1) is 13.5. The fourth-order valence-corrected chi connectivity index (χ4v) is 2.92. The summed E-state index contributed by atoms with van der Waals surface area (Å²) < 4.78 is 15.6. The Balaban J connectivity index is 1.63. The van der Waals surface area contributed by atoms with E-state index in [1.807, 2.05) is 12.1 Å². The summed E-state index contributed by atoms with van der Waals surface area (Å²) in [5, 5.41) is 2.99. The Morgan fingerprint density at radius 1 is 0.893 bits per heavy atom. The molecule has 1 aliphatic heterocycles. The molecule has 0 saturated heterocycles. The van der Waals surface area contributed by atoms with Crippen molar-refractivity contribution in [1.29, 1.82) is 0 Å². The van der Waals surface area contributed by atoms with Gasteiger partial charge in [-0.15, -0.1) is 0 Å². The second kappa shape index (κ2) is 8.47. The van der Waals surface area contributed by atoms with Gasteiger partial charge in [-0.2, -0.15) is 0 Å². The lowest BCUT2D eigenvalue weighted by Crippen LogP contribution is -2.33. The minimum Gasteiger partial charge on any atom is -0.497 e. The van der Waals surface area contributed by atoms with Gasteiger partial charge in [-0.3, -0.25) is 14.5 Å². The van der Waals surface area contributed by atoms with Crippen LogP contribution in [-0.4, -0.2) is 44.6 Å². The first kappa shape index (κ1) is 19.3. The molecular weight excluding hydrogens is 360 g/mol. The van der Waals surface area contributed by atoms with E-state index in [1.54, 1.807) is 51.7 Å². The zero-order chi connectivity index (χ0) is 20.1. The Morgan fingerprint density at radius 3 is 2.25 bits per heavy atom. The van der Waals surface area contributed by atoms with Gasteiger partial charge >= 0.3 is 0 Å². The maximum Gasteiger partial charge on any atom is 0.277 e. The van der Waals surface area contributed by atoms with Crippen molar-refractivity contribution in [2.45, 2.75) is 6.42 Å². The summed E-state index contributed by atoms with van der Waals surface area (Å²) in [6.07, 6.45) is 1.84. The summed E-state index contributed by atoms with van der Waals surface area (Å²) >= 11 is 0. The zero-order valence-electron chi connectivity index (χ0n) is 16.0. The van der Waals surface area contributed by atoms with E-state index in [1.165, 1.54) is 11.0 Å². The van der Waals surface area contributed by atoms with Gasteiger partial charge in [0, 0.05) is 18.3 Å². The van der Waals surface area contributed by atoms with Crippen LogP contribution < -0.4 is 19.5 Å². The molecule has 0 bridgehead atoms. The van der Waals surface area contributed by atoms with Crippen molar-refractivity contribution in [2.24, 2.45) is 0 Å². The summed E-state index contributed by atoms with van der Waals surface area (Å²) in [7, 11) is 4.72. The van der Waals surface area contributed by atoms with Crippen LogP contribution in [0.15, 0.2) is 54.2 Å². The highest BCUT2D eigenvalue weighted by atomic mass is 16.5. The van der Waals surface area contributed by atoms with E-state index in [0.717, 1.165) is 5.56 Å². The number of ether oxygens (including phenoxy) is 3. The highest BCUT2D eigenvalue weighted by Gasteiger charge is 2.30. The average molecular weight is 382 g/mol. The number of nitrogens with zero attached hydrogens (tertiary/aromatic N) is 1. The number of amides is 2. The van der Waals surface area contributed by atoms with Crippen LogP contribution in [-0.2, 0) is 16.0 Å². The van der Waals surface area contributed by atoms with Crippen molar-refractivity contribution in [3.63, 3.8) is 0 Å². The number of benzene rings is 2. The topological polar surface area (TPSA) is 77.1 Å². The van der Waals surface area contributed by atoms with Crippen molar-refractivity contribution in [3.05, 3.63) is 59.8 Å². The van der Waals surface area contributed by atoms with Crippen molar-refractivity contribution in [1.82, 2.24) is 4.90 Å². The predicted octanol–water partition coefficient (Wildman–Crippen LogP) is 2.62. The third-order valence-electron chi connectivity index (χ3n) is 4.45. The van der Waals surface area contributed by atoms with Crippen LogP contribution in [0.5, 0.6) is 17.2 Å².